The van der Waals surface area contributed by atoms with Crippen LogP contribution in [0.5, 0.6) is 0 Å². The van der Waals surface area contributed by atoms with Crippen LogP contribution in [0.3, 0.4) is 0 Å². The Morgan fingerprint density at radius 3 is 1.25 bits per heavy atom. The zero-order valence-electron chi connectivity index (χ0n) is 14.4. The average Bonchev–Trinajstić information content (AvgIpc) is 2.23. The van der Waals surface area contributed by atoms with Crippen LogP contribution in [0.1, 0.15) is 79.0 Å². The first kappa shape index (κ1) is 18.3. The van der Waals surface area contributed by atoms with Crippen LogP contribution < -0.4 is 4.46 Å². The van der Waals surface area contributed by atoms with Crippen molar-refractivity contribution >= 4 is 31.7 Å². The van der Waals surface area contributed by atoms with Gasteiger partial charge in [-0.3, -0.25) is 0 Å². The van der Waals surface area contributed by atoms with E-state index < -0.39 is 0 Å². The van der Waals surface area contributed by atoms with Crippen LogP contribution in [0.4, 0.5) is 0 Å². The summed E-state index contributed by atoms with van der Waals surface area (Å²) >= 11 is 4.12. The maximum absolute atomic E-state index is 3.78. The third-order valence-electron chi connectivity index (χ3n) is 3.65. The Bertz CT molecular complexity index is 447. The Balaban J connectivity index is 3.75. The number of hydrogen-bond acceptors (Lipinski definition) is 0. The third kappa shape index (κ3) is 4.12. The van der Waals surface area contributed by atoms with Gasteiger partial charge in [-0.1, -0.05) is 0 Å². The molecule has 1 aromatic carbocycles. The number of halogens is 1. The molecule has 0 N–H and O–H groups in total. The molecule has 0 spiro atoms. The average molecular weight is 404 g/mol. The number of hydrogen-bond donors (Lipinski definition) is 0. The summed E-state index contributed by atoms with van der Waals surface area (Å²) in [7, 11) is 0. The molecule has 0 radical (unpaired) electrons. The molecule has 0 aromatic heterocycles. The van der Waals surface area contributed by atoms with Crippen molar-refractivity contribution in [2.75, 3.05) is 0 Å². The van der Waals surface area contributed by atoms with Crippen molar-refractivity contribution in [3.63, 3.8) is 0 Å². The Labute approximate surface area is 139 Å². The van der Waals surface area contributed by atoms with Gasteiger partial charge in [-0.25, -0.2) is 0 Å². The van der Waals surface area contributed by atoms with Gasteiger partial charge in [0, 0.05) is 0 Å². The van der Waals surface area contributed by atoms with E-state index in [-0.39, 0.29) is 16.2 Å². The zero-order chi connectivity index (χ0) is 15.9. The van der Waals surface area contributed by atoms with Crippen LogP contribution in [-0.2, 0) is 16.2 Å². The number of rotatable bonds is 1. The quantitative estimate of drug-likeness (QED) is 0.564. The van der Waals surface area contributed by atoms with Gasteiger partial charge in [0.1, 0.15) is 0 Å². The molecule has 0 saturated carbocycles. The van der Waals surface area contributed by atoms with Gasteiger partial charge >= 0.3 is 139 Å². The van der Waals surface area contributed by atoms with Gasteiger partial charge < -0.3 is 0 Å². The molecule has 0 nitrogen and oxygen atoms in total. The summed E-state index contributed by atoms with van der Waals surface area (Å²) in [6.45, 7) is 20.9. The molecule has 114 valence electrons. The van der Waals surface area contributed by atoms with Crippen LogP contribution in [-0.4, -0.2) is 13.1 Å². The molecule has 0 atom stereocenters. The third-order valence-corrected chi connectivity index (χ3v) is 6.58. The van der Waals surface area contributed by atoms with Crippen LogP contribution in [0.15, 0.2) is 12.1 Å². The second-order valence-corrected chi connectivity index (χ2v) is 11.6. The summed E-state index contributed by atoms with van der Waals surface area (Å²) in [5.74, 6) is 0. The maximum atomic E-state index is 3.78. The summed E-state index contributed by atoms with van der Waals surface area (Å²) < 4.78 is 1.53. The van der Waals surface area contributed by atoms with E-state index in [1.54, 1.807) is 0 Å². The Hall–Kier alpha value is 0.219. The molecule has 2 heteroatoms. The molecule has 0 unspecified atom stereocenters. The molecular formula is C18H29BrSe. The molecule has 20 heavy (non-hydrogen) atoms. The summed E-state index contributed by atoms with van der Waals surface area (Å²) in [4.78, 5) is 0. The van der Waals surface area contributed by atoms with Crippen molar-refractivity contribution in [3.8, 4) is 0 Å². The van der Waals surface area contributed by atoms with E-state index in [0.717, 1.165) is 0 Å². The molecule has 0 bridgehead atoms. The van der Waals surface area contributed by atoms with E-state index in [9.17, 15) is 0 Å². The van der Waals surface area contributed by atoms with Gasteiger partial charge in [-0.15, -0.1) is 0 Å². The number of benzene rings is 1. The van der Waals surface area contributed by atoms with Gasteiger partial charge in [-0.2, -0.15) is 0 Å². The summed E-state index contributed by atoms with van der Waals surface area (Å²) in [6.07, 6.45) is 0. The molecule has 0 fully saturated rings. The van der Waals surface area contributed by atoms with Crippen molar-refractivity contribution in [1.29, 1.82) is 0 Å². The van der Waals surface area contributed by atoms with E-state index >= 15 is 0 Å². The normalized spacial score (nSPS) is 13.7. The predicted octanol–water partition coefficient (Wildman–Crippen LogP) is 5.22. The minimum atomic E-state index is 0.187. The molecule has 0 aliphatic rings. The standard InChI is InChI=1S/C18H29BrSe/c1-16(2,3)12-10-13(17(4,5)6)15(20-19)14(11-12)18(7,8)9/h10-11H,1-9H3. The van der Waals surface area contributed by atoms with Crippen molar-refractivity contribution in [2.24, 2.45) is 0 Å². The molecule has 0 amide bonds. The minimum absolute atomic E-state index is 0.187. The Kier molecular flexibility index (Phi) is 5.28. The monoisotopic (exact) mass is 404 g/mol. The fourth-order valence-corrected chi connectivity index (χ4v) is 5.95. The van der Waals surface area contributed by atoms with Crippen molar-refractivity contribution in [3.05, 3.63) is 28.8 Å². The van der Waals surface area contributed by atoms with Gasteiger partial charge in [0.25, 0.3) is 0 Å². The van der Waals surface area contributed by atoms with E-state index in [2.05, 4.69) is 88.6 Å². The van der Waals surface area contributed by atoms with Crippen LogP contribution in [0, 0.1) is 0 Å². The SMILES string of the molecule is CC(C)(C)c1cc(C(C)(C)C)c([Se]Br)c(C(C)(C)C)c1. The first-order chi connectivity index (χ1) is 8.78. The summed E-state index contributed by atoms with van der Waals surface area (Å²) in [5, 5.41) is 0. The molecular weight excluding hydrogens is 375 g/mol. The van der Waals surface area contributed by atoms with Crippen molar-refractivity contribution in [1.82, 2.24) is 0 Å². The second-order valence-electron chi connectivity index (χ2n) is 8.73. The molecule has 0 saturated heterocycles. The molecule has 0 aliphatic heterocycles. The first-order valence-corrected chi connectivity index (χ1v) is 12.1. The van der Waals surface area contributed by atoms with Gasteiger partial charge in [0.05, 0.1) is 0 Å². The van der Waals surface area contributed by atoms with Crippen LogP contribution in [0.2, 0.25) is 0 Å². The van der Waals surface area contributed by atoms with Crippen molar-refractivity contribution < 1.29 is 0 Å². The Morgan fingerprint density at radius 2 is 1.05 bits per heavy atom. The second kappa shape index (κ2) is 5.78. The predicted molar refractivity (Wildman–Crippen MR) is 96.9 cm³/mol. The fourth-order valence-electron chi connectivity index (χ4n) is 2.26. The van der Waals surface area contributed by atoms with E-state index in [4.69, 9.17) is 0 Å². The molecule has 1 aromatic rings. The first-order valence-electron chi connectivity index (χ1n) is 7.26. The van der Waals surface area contributed by atoms with Crippen LogP contribution >= 0.6 is 14.1 Å². The summed E-state index contributed by atoms with van der Waals surface area (Å²) in [6, 6.07) is 4.88. The van der Waals surface area contributed by atoms with E-state index in [1.165, 1.54) is 21.2 Å². The van der Waals surface area contributed by atoms with E-state index in [0.29, 0.717) is 13.1 Å². The van der Waals surface area contributed by atoms with Gasteiger partial charge in [-0.05, 0) is 0 Å². The Morgan fingerprint density at radius 1 is 0.700 bits per heavy atom. The van der Waals surface area contributed by atoms with Crippen LogP contribution in [0.25, 0.3) is 0 Å². The van der Waals surface area contributed by atoms with Gasteiger partial charge in [0.2, 0.25) is 0 Å². The van der Waals surface area contributed by atoms with Crippen molar-refractivity contribution in [2.45, 2.75) is 78.6 Å². The van der Waals surface area contributed by atoms with Gasteiger partial charge in [0.15, 0.2) is 0 Å². The molecule has 0 heterocycles. The zero-order valence-corrected chi connectivity index (χ0v) is 17.7. The molecule has 0 aliphatic carbocycles. The molecule has 1 rings (SSSR count). The topological polar surface area (TPSA) is 0 Å². The summed E-state index contributed by atoms with van der Waals surface area (Å²) in [5.41, 5.74) is 5.03. The fraction of sp³-hybridized carbons (Fsp3) is 0.667. The van der Waals surface area contributed by atoms with E-state index in [1.807, 2.05) is 0 Å².